The number of hydrogen-bond donors (Lipinski definition) is 1. The fraction of sp³-hybridized carbons (Fsp3) is 0.316. The molecule has 0 saturated carbocycles. The van der Waals surface area contributed by atoms with E-state index in [1.54, 1.807) is 11.1 Å². The van der Waals surface area contributed by atoms with E-state index in [9.17, 15) is 9.18 Å². The fourth-order valence-electron chi connectivity index (χ4n) is 3.06. The molecule has 1 fully saturated rings. The highest BCUT2D eigenvalue weighted by Crippen LogP contribution is 2.21. The number of nitrogens with zero attached hydrogens (tertiary/aromatic N) is 4. The van der Waals surface area contributed by atoms with Gasteiger partial charge >= 0.3 is 6.03 Å². The quantitative estimate of drug-likeness (QED) is 0.900. The van der Waals surface area contributed by atoms with Gasteiger partial charge in [0.25, 0.3) is 0 Å². The Labute approximate surface area is 151 Å². The van der Waals surface area contributed by atoms with E-state index in [0.29, 0.717) is 19.6 Å². The topological polar surface area (TPSA) is 72.3 Å². The first-order valence-corrected chi connectivity index (χ1v) is 8.49. The molecule has 1 aliphatic heterocycles. The van der Waals surface area contributed by atoms with Gasteiger partial charge in [-0.15, -0.1) is 0 Å². The molecule has 1 aliphatic rings. The minimum Gasteiger partial charge on any atom is -0.369 e. The number of rotatable bonds is 2. The number of nitriles is 1. The number of aromatic nitrogens is 1. The lowest BCUT2D eigenvalue weighted by Gasteiger charge is -2.25. The van der Waals surface area contributed by atoms with Crippen molar-refractivity contribution in [1.29, 1.82) is 5.26 Å². The summed E-state index contributed by atoms with van der Waals surface area (Å²) in [6.07, 6.45) is 4.43. The van der Waals surface area contributed by atoms with Gasteiger partial charge < -0.3 is 15.1 Å². The van der Waals surface area contributed by atoms with Gasteiger partial charge in [-0.1, -0.05) is 0 Å². The fourth-order valence-corrected chi connectivity index (χ4v) is 3.06. The second-order valence-corrected chi connectivity index (χ2v) is 6.23. The molecule has 1 aromatic heterocycles. The number of amides is 2. The van der Waals surface area contributed by atoms with Crippen molar-refractivity contribution >= 4 is 17.4 Å². The van der Waals surface area contributed by atoms with Crippen LogP contribution >= 0.6 is 0 Å². The number of pyridine rings is 1. The minimum absolute atomic E-state index is 0.0834. The van der Waals surface area contributed by atoms with Crippen molar-refractivity contribution in [3.63, 3.8) is 0 Å². The van der Waals surface area contributed by atoms with Crippen LogP contribution in [0.25, 0.3) is 0 Å². The Morgan fingerprint density at radius 3 is 2.85 bits per heavy atom. The van der Waals surface area contributed by atoms with Gasteiger partial charge in [0.05, 0.1) is 17.3 Å². The van der Waals surface area contributed by atoms with E-state index in [2.05, 4.69) is 15.2 Å². The molecule has 7 heteroatoms. The molecule has 2 aromatic rings. The van der Waals surface area contributed by atoms with Crippen LogP contribution in [0.2, 0.25) is 0 Å². The molecule has 0 atom stereocenters. The van der Waals surface area contributed by atoms with E-state index in [-0.39, 0.29) is 17.3 Å². The molecule has 134 valence electrons. The van der Waals surface area contributed by atoms with Gasteiger partial charge in [-0.2, -0.15) is 5.26 Å². The first-order chi connectivity index (χ1) is 12.6. The zero-order valence-electron chi connectivity index (χ0n) is 14.6. The summed E-state index contributed by atoms with van der Waals surface area (Å²) in [5, 5.41) is 11.4. The summed E-state index contributed by atoms with van der Waals surface area (Å²) < 4.78 is 14.0. The summed E-state index contributed by atoms with van der Waals surface area (Å²) in [5.41, 5.74) is 2.53. The van der Waals surface area contributed by atoms with Crippen LogP contribution in [0, 0.1) is 24.1 Å². The third-order valence-electron chi connectivity index (χ3n) is 4.45. The molecule has 1 N–H and O–H groups in total. The van der Waals surface area contributed by atoms with Gasteiger partial charge in [-0.3, -0.25) is 4.98 Å². The number of carbonyl (C=O) groups excluding carboxylic acids is 1. The van der Waals surface area contributed by atoms with Crippen molar-refractivity contribution in [3.05, 3.63) is 53.6 Å². The van der Waals surface area contributed by atoms with Crippen LogP contribution < -0.4 is 10.2 Å². The Morgan fingerprint density at radius 2 is 2.12 bits per heavy atom. The average Bonchev–Trinajstić information content (AvgIpc) is 2.90. The number of carbonyl (C=O) groups is 1. The van der Waals surface area contributed by atoms with Crippen LogP contribution in [0.5, 0.6) is 0 Å². The van der Waals surface area contributed by atoms with E-state index < -0.39 is 5.82 Å². The van der Waals surface area contributed by atoms with Crippen LogP contribution in [0.3, 0.4) is 0 Å². The summed E-state index contributed by atoms with van der Waals surface area (Å²) in [6.45, 7) is 4.72. The summed E-state index contributed by atoms with van der Waals surface area (Å²) in [5.74, 6) is -0.610. The molecule has 3 rings (SSSR count). The summed E-state index contributed by atoms with van der Waals surface area (Å²) in [7, 11) is 0. The third-order valence-corrected chi connectivity index (χ3v) is 4.45. The second-order valence-electron chi connectivity index (χ2n) is 6.23. The molecular weight excluding hydrogens is 333 g/mol. The van der Waals surface area contributed by atoms with Crippen LogP contribution in [-0.4, -0.2) is 42.1 Å². The van der Waals surface area contributed by atoms with Crippen molar-refractivity contribution in [2.24, 2.45) is 0 Å². The number of benzene rings is 1. The van der Waals surface area contributed by atoms with E-state index in [0.717, 1.165) is 30.3 Å². The molecule has 0 bridgehead atoms. The van der Waals surface area contributed by atoms with Crippen molar-refractivity contribution in [2.75, 3.05) is 36.4 Å². The molecule has 0 radical (unpaired) electrons. The van der Waals surface area contributed by atoms with Crippen LogP contribution in [0.4, 0.5) is 20.6 Å². The van der Waals surface area contributed by atoms with Gasteiger partial charge in [-0.25, -0.2) is 9.18 Å². The van der Waals surface area contributed by atoms with Crippen LogP contribution in [-0.2, 0) is 0 Å². The summed E-state index contributed by atoms with van der Waals surface area (Å²) >= 11 is 0. The predicted molar refractivity (Wildman–Crippen MR) is 97.5 cm³/mol. The zero-order valence-corrected chi connectivity index (χ0v) is 14.6. The number of halogens is 1. The molecule has 2 amide bonds. The number of urea groups is 1. The Bertz CT molecular complexity index is 848. The normalized spacial score (nSPS) is 14.5. The predicted octanol–water partition coefficient (Wildman–Crippen LogP) is 3.15. The van der Waals surface area contributed by atoms with Gasteiger partial charge in [0.15, 0.2) is 0 Å². The molecule has 0 unspecified atom stereocenters. The molecular formula is C19H20FN5O. The van der Waals surface area contributed by atoms with Crippen LogP contribution in [0.1, 0.15) is 17.5 Å². The Morgan fingerprint density at radius 1 is 1.27 bits per heavy atom. The maximum atomic E-state index is 14.0. The van der Waals surface area contributed by atoms with Crippen LogP contribution in [0.15, 0.2) is 36.7 Å². The van der Waals surface area contributed by atoms with Crippen molar-refractivity contribution in [3.8, 4) is 6.07 Å². The molecule has 1 saturated heterocycles. The molecule has 26 heavy (non-hydrogen) atoms. The molecule has 2 heterocycles. The lowest BCUT2D eigenvalue weighted by Crippen LogP contribution is -2.38. The maximum absolute atomic E-state index is 14.0. The molecule has 1 aromatic carbocycles. The van der Waals surface area contributed by atoms with Crippen molar-refractivity contribution < 1.29 is 9.18 Å². The highest BCUT2D eigenvalue weighted by atomic mass is 19.1. The molecule has 6 nitrogen and oxygen atoms in total. The largest absolute Gasteiger partial charge is 0.369 e. The number of hydrogen-bond acceptors (Lipinski definition) is 4. The maximum Gasteiger partial charge on any atom is 0.321 e. The average molecular weight is 353 g/mol. The number of nitrogens with one attached hydrogen (secondary N) is 1. The van der Waals surface area contributed by atoms with E-state index in [1.807, 2.05) is 25.3 Å². The number of anilines is 2. The van der Waals surface area contributed by atoms with E-state index >= 15 is 0 Å². The second kappa shape index (κ2) is 7.83. The van der Waals surface area contributed by atoms with Crippen molar-refractivity contribution in [1.82, 2.24) is 9.88 Å². The third kappa shape index (κ3) is 3.91. The summed E-state index contributed by atoms with van der Waals surface area (Å²) in [6, 6.07) is 7.53. The Hall–Kier alpha value is -3.14. The van der Waals surface area contributed by atoms with E-state index in [1.165, 1.54) is 12.1 Å². The highest BCUT2D eigenvalue weighted by molar-refractivity contribution is 5.89. The Balaban J connectivity index is 1.65. The summed E-state index contributed by atoms with van der Waals surface area (Å²) in [4.78, 5) is 20.5. The molecule has 0 spiro atoms. The SMILES string of the molecule is Cc1cnccc1N1CCCN(C(=O)Nc2ccc(C#N)cc2F)CC1. The molecule has 0 aliphatic carbocycles. The van der Waals surface area contributed by atoms with Crippen molar-refractivity contribution in [2.45, 2.75) is 13.3 Å². The van der Waals surface area contributed by atoms with Gasteiger partial charge in [0.2, 0.25) is 0 Å². The minimum atomic E-state index is -0.610. The lowest BCUT2D eigenvalue weighted by molar-refractivity contribution is 0.215. The highest BCUT2D eigenvalue weighted by Gasteiger charge is 2.21. The number of aryl methyl sites for hydroxylation is 1. The smallest absolute Gasteiger partial charge is 0.321 e. The Kier molecular flexibility index (Phi) is 5.32. The van der Waals surface area contributed by atoms with Gasteiger partial charge in [0, 0.05) is 44.3 Å². The van der Waals surface area contributed by atoms with Gasteiger partial charge in [-0.05, 0) is 43.2 Å². The monoisotopic (exact) mass is 353 g/mol. The van der Waals surface area contributed by atoms with Gasteiger partial charge in [0.1, 0.15) is 5.82 Å². The first-order valence-electron chi connectivity index (χ1n) is 8.49. The van der Waals surface area contributed by atoms with E-state index in [4.69, 9.17) is 5.26 Å². The lowest BCUT2D eigenvalue weighted by atomic mass is 10.2. The zero-order chi connectivity index (χ0) is 18.5. The first kappa shape index (κ1) is 17.7. The standard InChI is InChI=1S/C19H20FN5O/c1-14-13-22-6-5-18(14)24-7-2-8-25(10-9-24)19(26)23-17-4-3-15(12-21)11-16(17)20/h3-6,11,13H,2,7-10H2,1H3,(H,23,26).